The van der Waals surface area contributed by atoms with Crippen molar-refractivity contribution in [1.29, 1.82) is 0 Å². The lowest BCUT2D eigenvalue weighted by Gasteiger charge is -2.26. The molecule has 0 radical (unpaired) electrons. The van der Waals surface area contributed by atoms with E-state index < -0.39 is 11.6 Å². The second kappa shape index (κ2) is 6.57. The lowest BCUT2D eigenvalue weighted by atomic mass is 9.96. The van der Waals surface area contributed by atoms with Crippen LogP contribution in [0, 0.1) is 5.82 Å². The normalized spacial score (nSPS) is 20.5. The van der Waals surface area contributed by atoms with Crippen LogP contribution in [0.15, 0.2) is 29.1 Å². The van der Waals surface area contributed by atoms with Crippen molar-refractivity contribution < 1.29 is 13.9 Å². The molecule has 150 valence electrons. The summed E-state index contributed by atoms with van der Waals surface area (Å²) in [6.07, 6.45) is 3.91. The number of aryl methyl sites for hydroxylation is 1. The third-order valence-corrected chi connectivity index (χ3v) is 5.57. The Morgan fingerprint density at radius 1 is 1.29 bits per heavy atom. The number of hydrogen-bond donors (Lipinski definition) is 0. The molecule has 4 rings (SSSR count). The Bertz CT molecular complexity index is 949. The van der Waals surface area contributed by atoms with Crippen molar-refractivity contribution in [3.05, 3.63) is 52.0 Å². The maximum absolute atomic E-state index is 13.3. The highest BCUT2D eigenvalue weighted by molar-refractivity contribution is 5.74. The number of esters is 1. The molecule has 0 unspecified atom stereocenters. The molecule has 1 saturated carbocycles. The molecule has 1 aromatic heterocycles. The Morgan fingerprint density at radius 3 is 2.57 bits per heavy atom. The van der Waals surface area contributed by atoms with Crippen LogP contribution in [-0.4, -0.2) is 25.9 Å². The number of nitrogens with zero attached hydrogens (tertiary/aromatic N) is 3. The van der Waals surface area contributed by atoms with Gasteiger partial charge < -0.3 is 4.74 Å². The second-order valence-electron chi connectivity index (χ2n) is 8.96. The zero-order valence-electron chi connectivity index (χ0n) is 16.6. The smallest absolute Gasteiger partial charge is 0.346 e. The molecule has 28 heavy (non-hydrogen) atoms. The van der Waals surface area contributed by atoms with E-state index in [4.69, 9.17) is 4.74 Å². The zero-order valence-corrected chi connectivity index (χ0v) is 16.6. The summed E-state index contributed by atoms with van der Waals surface area (Å²) in [5, 5.41) is 4.53. The highest BCUT2D eigenvalue weighted by atomic mass is 19.1. The fourth-order valence-corrected chi connectivity index (χ4v) is 4.01. The minimum absolute atomic E-state index is 0.177. The number of hydrogen-bond acceptors (Lipinski definition) is 4. The summed E-state index contributed by atoms with van der Waals surface area (Å²) in [5.41, 5.74) is -0.0207. The molecular weight excluding hydrogens is 361 g/mol. The number of rotatable bonds is 4. The van der Waals surface area contributed by atoms with Crippen molar-refractivity contribution in [2.75, 3.05) is 0 Å². The molecule has 6 nitrogen and oxygen atoms in total. The number of carbonyl (C=O) groups excluding carboxylic acids is 1. The van der Waals surface area contributed by atoms with Crippen LogP contribution in [0.25, 0.3) is 0 Å². The van der Waals surface area contributed by atoms with E-state index in [0.29, 0.717) is 25.2 Å². The van der Waals surface area contributed by atoms with E-state index in [1.807, 2.05) is 20.8 Å². The molecule has 2 heterocycles. The molecule has 2 aromatic rings. The fourth-order valence-electron chi connectivity index (χ4n) is 4.01. The van der Waals surface area contributed by atoms with Gasteiger partial charge in [0.25, 0.3) is 0 Å². The van der Waals surface area contributed by atoms with Gasteiger partial charge in [0.15, 0.2) is 0 Å². The molecule has 1 aliphatic carbocycles. The first-order valence-electron chi connectivity index (χ1n) is 9.86. The Balaban J connectivity index is 1.62. The largest absolute Gasteiger partial charge is 0.458 e. The van der Waals surface area contributed by atoms with Crippen molar-refractivity contribution in [2.45, 2.75) is 76.5 Å². The monoisotopic (exact) mass is 387 g/mol. The summed E-state index contributed by atoms with van der Waals surface area (Å²) in [4.78, 5) is 25.7. The predicted molar refractivity (Wildman–Crippen MR) is 102 cm³/mol. The topological polar surface area (TPSA) is 66.1 Å². The molecule has 1 atom stereocenters. The summed E-state index contributed by atoms with van der Waals surface area (Å²) in [6.45, 7) is 5.90. The van der Waals surface area contributed by atoms with Crippen molar-refractivity contribution in [3.63, 3.8) is 0 Å². The first kappa shape index (κ1) is 18.9. The van der Waals surface area contributed by atoms with Crippen LogP contribution >= 0.6 is 0 Å². The van der Waals surface area contributed by atoms with E-state index in [9.17, 15) is 14.0 Å². The van der Waals surface area contributed by atoms with E-state index in [2.05, 4.69) is 5.10 Å². The molecule has 7 heteroatoms. The molecule has 1 aliphatic heterocycles. The van der Waals surface area contributed by atoms with E-state index in [1.54, 1.807) is 12.1 Å². The number of carbonyl (C=O) groups is 1. The summed E-state index contributed by atoms with van der Waals surface area (Å²) < 4.78 is 21.8. The van der Waals surface area contributed by atoms with Gasteiger partial charge in [0.1, 0.15) is 23.3 Å². The van der Waals surface area contributed by atoms with Crippen molar-refractivity contribution in [1.82, 2.24) is 14.3 Å². The predicted octanol–water partition coefficient (Wildman–Crippen LogP) is 3.13. The van der Waals surface area contributed by atoms with Gasteiger partial charge >= 0.3 is 11.7 Å². The standard InChI is InChI=1S/C21H26FN3O3/c1-20(2,3)28-18(26)16-5-4-6-17-23-24(19(27)25(16)17)13-21(11-12-21)14-7-9-15(22)10-8-14/h7-10,16H,4-6,11-13H2,1-3H3/t16-/m0/s1. The highest BCUT2D eigenvalue weighted by Crippen LogP contribution is 2.49. The van der Waals surface area contributed by atoms with Crippen LogP contribution in [0.2, 0.25) is 0 Å². The van der Waals surface area contributed by atoms with Gasteiger partial charge in [-0.1, -0.05) is 12.1 Å². The number of benzene rings is 1. The van der Waals surface area contributed by atoms with Crippen molar-refractivity contribution >= 4 is 5.97 Å². The Morgan fingerprint density at radius 2 is 1.96 bits per heavy atom. The van der Waals surface area contributed by atoms with Gasteiger partial charge in [0, 0.05) is 11.8 Å². The summed E-state index contributed by atoms with van der Waals surface area (Å²) in [5.74, 6) is -0.00818. The van der Waals surface area contributed by atoms with E-state index >= 15 is 0 Å². The number of aromatic nitrogens is 3. The van der Waals surface area contributed by atoms with Gasteiger partial charge in [-0.15, -0.1) is 0 Å². The average molecular weight is 387 g/mol. The van der Waals surface area contributed by atoms with Gasteiger partial charge in [-0.25, -0.2) is 18.7 Å². The second-order valence-corrected chi connectivity index (χ2v) is 8.96. The van der Waals surface area contributed by atoms with E-state index in [1.165, 1.54) is 21.4 Å². The van der Waals surface area contributed by atoms with Gasteiger partial charge in [-0.3, -0.25) is 4.57 Å². The first-order chi connectivity index (χ1) is 13.2. The molecule has 1 fully saturated rings. The Hall–Kier alpha value is -2.44. The zero-order chi connectivity index (χ0) is 20.1. The number of ether oxygens (including phenoxy) is 1. The van der Waals surface area contributed by atoms with Crippen LogP contribution in [-0.2, 0) is 27.9 Å². The first-order valence-corrected chi connectivity index (χ1v) is 9.86. The van der Waals surface area contributed by atoms with Crippen LogP contribution in [0.5, 0.6) is 0 Å². The minimum atomic E-state index is -0.620. The SMILES string of the molecule is CC(C)(C)OC(=O)[C@@H]1CCCc2nn(CC3(c4ccc(F)cc4)CC3)c(=O)n21. The molecule has 2 aliphatic rings. The van der Waals surface area contributed by atoms with Crippen molar-refractivity contribution in [2.24, 2.45) is 0 Å². The molecule has 0 bridgehead atoms. The Labute approximate surface area is 163 Å². The van der Waals surface area contributed by atoms with Crippen LogP contribution in [0.1, 0.15) is 63.9 Å². The summed E-state index contributed by atoms with van der Waals surface area (Å²) in [7, 11) is 0. The minimum Gasteiger partial charge on any atom is -0.458 e. The molecule has 0 saturated heterocycles. The van der Waals surface area contributed by atoms with Gasteiger partial charge in [0.2, 0.25) is 0 Å². The van der Waals surface area contributed by atoms with Crippen molar-refractivity contribution in [3.8, 4) is 0 Å². The highest BCUT2D eigenvalue weighted by Gasteiger charge is 2.46. The van der Waals surface area contributed by atoms with Gasteiger partial charge in [0.05, 0.1) is 6.54 Å². The maximum Gasteiger partial charge on any atom is 0.346 e. The quantitative estimate of drug-likeness (QED) is 0.756. The lowest BCUT2D eigenvalue weighted by molar-refractivity contribution is -0.159. The lowest BCUT2D eigenvalue weighted by Crippen LogP contribution is -2.38. The third kappa shape index (κ3) is 3.50. The van der Waals surface area contributed by atoms with E-state index in [-0.39, 0.29) is 22.9 Å². The van der Waals surface area contributed by atoms with Gasteiger partial charge in [-0.05, 0) is 64.2 Å². The maximum atomic E-state index is 13.3. The fraction of sp³-hybridized carbons (Fsp3) is 0.571. The number of halogens is 1. The van der Waals surface area contributed by atoms with Crippen LogP contribution in [0.4, 0.5) is 4.39 Å². The van der Waals surface area contributed by atoms with E-state index in [0.717, 1.165) is 24.8 Å². The molecule has 0 amide bonds. The Kier molecular flexibility index (Phi) is 4.43. The van der Waals surface area contributed by atoms with Crippen LogP contribution < -0.4 is 5.69 Å². The molecule has 1 aromatic carbocycles. The molecular formula is C21H26FN3O3. The average Bonchev–Trinajstić information content (AvgIpc) is 3.33. The third-order valence-electron chi connectivity index (χ3n) is 5.57. The molecule has 0 N–H and O–H groups in total. The molecule has 0 spiro atoms. The summed E-state index contributed by atoms with van der Waals surface area (Å²) >= 11 is 0. The van der Waals surface area contributed by atoms with Gasteiger partial charge in [-0.2, -0.15) is 5.10 Å². The summed E-state index contributed by atoms with van der Waals surface area (Å²) in [6, 6.07) is 5.86. The van der Waals surface area contributed by atoms with Crippen LogP contribution in [0.3, 0.4) is 0 Å². The number of fused-ring (bicyclic) bond motifs is 1.